The van der Waals surface area contributed by atoms with Crippen molar-refractivity contribution in [2.75, 3.05) is 0 Å². The normalized spacial score (nSPS) is 13.8. The molecule has 0 aliphatic carbocycles. The zero-order valence-corrected chi connectivity index (χ0v) is 10.5. The Morgan fingerprint density at radius 1 is 1.56 bits per heavy atom. The molecule has 0 spiro atoms. The van der Waals surface area contributed by atoms with E-state index in [1.54, 1.807) is 17.1 Å². The summed E-state index contributed by atoms with van der Waals surface area (Å²) in [5.74, 6) is -0.0325. The van der Waals surface area contributed by atoms with Crippen LogP contribution in [0.1, 0.15) is 44.5 Å². The molecule has 2 N–H and O–H groups in total. The maximum atomic E-state index is 12.0. The summed E-state index contributed by atoms with van der Waals surface area (Å²) in [6, 6.07) is -0.480. The first kappa shape index (κ1) is 12.9. The summed E-state index contributed by atoms with van der Waals surface area (Å²) in [4.78, 5) is 12.0. The minimum Gasteiger partial charge on any atom is -0.321 e. The lowest BCUT2D eigenvalue weighted by Crippen LogP contribution is -2.42. The van der Waals surface area contributed by atoms with E-state index in [4.69, 9.17) is 5.73 Å². The fraction of sp³-hybridized carbons (Fsp3) is 0.667. The number of Topliss-reactive ketones (excluding diaryl/α,β-unsaturated/α-hetero) is 1. The Hall–Kier alpha value is -1.16. The van der Waals surface area contributed by atoms with Gasteiger partial charge in [-0.25, -0.2) is 0 Å². The number of nitrogens with two attached hydrogens (primary N) is 1. The molecule has 1 aromatic heterocycles. The Kier molecular flexibility index (Phi) is 3.86. The summed E-state index contributed by atoms with van der Waals surface area (Å²) in [6.07, 6.45) is 4.38. The minimum atomic E-state index is -0.480. The van der Waals surface area contributed by atoms with Crippen molar-refractivity contribution >= 4 is 5.78 Å². The van der Waals surface area contributed by atoms with Gasteiger partial charge in [0.25, 0.3) is 0 Å². The molecule has 1 atom stereocenters. The largest absolute Gasteiger partial charge is 0.321 e. The van der Waals surface area contributed by atoms with Crippen molar-refractivity contribution in [1.29, 1.82) is 0 Å². The van der Waals surface area contributed by atoms with Gasteiger partial charge in [-0.2, -0.15) is 5.10 Å². The van der Waals surface area contributed by atoms with Gasteiger partial charge in [0.05, 0.1) is 17.8 Å². The molecule has 16 heavy (non-hydrogen) atoms. The van der Waals surface area contributed by atoms with Crippen molar-refractivity contribution < 1.29 is 4.79 Å². The van der Waals surface area contributed by atoms with Crippen LogP contribution in [-0.2, 0) is 6.54 Å². The molecule has 0 saturated carbocycles. The molecule has 0 aliphatic rings. The minimum absolute atomic E-state index is 0.0325. The van der Waals surface area contributed by atoms with Gasteiger partial charge in [0.2, 0.25) is 0 Å². The Labute approximate surface area is 96.8 Å². The molecule has 90 valence electrons. The van der Waals surface area contributed by atoms with Crippen molar-refractivity contribution in [2.24, 2.45) is 11.1 Å². The molecule has 0 radical (unpaired) electrons. The molecule has 1 rings (SSSR count). The highest BCUT2D eigenvalue weighted by Crippen LogP contribution is 2.20. The lowest BCUT2D eigenvalue weighted by molar-refractivity contribution is 0.0901. The van der Waals surface area contributed by atoms with Gasteiger partial charge in [0.1, 0.15) is 0 Å². The van der Waals surface area contributed by atoms with Crippen LogP contribution in [0.3, 0.4) is 0 Å². The summed E-state index contributed by atoms with van der Waals surface area (Å²) in [5, 5.41) is 4.13. The molecule has 0 bridgehead atoms. The average molecular weight is 223 g/mol. The lowest BCUT2D eigenvalue weighted by atomic mass is 9.83. The topological polar surface area (TPSA) is 60.9 Å². The van der Waals surface area contributed by atoms with Crippen molar-refractivity contribution in [2.45, 2.75) is 46.7 Å². The van der Waals surface area contributed by atoms with Crippen LogP contribution in [0.5, 0.6) is 0 Å². The molecule has 1 heterocycles. The number of carbonyl (C=O) groups excluding carboxylic acids is 1. The summed E-state index contributed by atoms with van der Waals surface area (Å²) in [7, 11) is 0. The monoisotopic (exact) mass is 223 g/mol. The molecule has 1 aromatic rings. The van der Waals surface area contributed by atoms with E-state index in [1.165, 1.54) is 0 Å². The van der Waals surface area contributed by atoms with Crippen molar-refractivity contribution in [3.8, 4) is 0 Å². The predicted molar refractivity (Wildman–Crippen MR) is 64.3 cm³/mol. The molecule has 1 unspecified atom stereocenters. The molecular weight excluding hydrogens is 202 g/mol. The molecular formula is C12H21N3O. The predicted octanol–water partition coefficient (Wildman–Crippen LogP) is 1.85. The SMILES string of the molecule is CCCn1cc(C(=O)C(N)C(C)(C)C)cn1. The van der Waals surface area contributed by atoms with Gasteiger partial charge in [-0.15, -0.1) is 0 Å². The maximum Gasteiger partial charge on any atom is 0.183 e. The highest BCUT2D eigenvalue weighted by Gasteiger charge is 2.28. The first-order chi connectivity index (χ1) is 7.36. The van der Waals surface area contributed by atoms with E-state index >= 15 is 0 Å². The molecule has 0 fully saturated rings. The van der Waals surface area contributed by atoms with Crippen LogP contribution in [0.2, 0.25) is 0 Å². The summed E-state index contributed by atoms with van der Waals surface area (Å²) in [6.45, 7) is 8.80. The quantitative estimate of drug-likeness (QED) is 0.792. The fourth-order valence-electron chi connectivity index (χ4n) is 1.42. The number of rotatable bonds is 4. The first-order valence-corrected chi connectivity index (χ1v) is 5.68. The second-order valence-corrected chi connectivity index (χ2v) is 5.20. The van der Waals surface area contributed by atoms with E-state index in [9.17, 15) is 4.79 Å². The summed E-state index contributed by atoms with van der Waals surface area (Å²) >= 11 is 0. The third kappa shape index (κ3) is 2.92. The number of carbonyl (C=O) groups is 1. The van der Waals surface area contributed by atoms with E-state index in [2.05, 4.69) is 12.0 Å². The van der Waals surface area contributed by atoms with E-state index in [1.807, 2.05) is 20.8 Å². The van der Waals surface area contributed by atoms with E-state index < -0.39 is 6.04 Å². The molecule has 4 nitrogen and oxygen atoms in total. The van der Waals surface area contributed by atoms with Crippen molar-refractivity contribution in [1.82, 2.24) is 9.78 Å². The number of nitrogens with zero attached hydrogens (tertiary/aromatic N) is 2. The Balaban J connectivity index is 2.80. The maximum absolute atomic E-state index is 12.0. The van der Waals surface area contributed by atoms with Crippen molar-refractivity contribution in [3.05, 3.63) is 18.0 Å². The smallest absolute Gasteiger partial charge is 0.183 e. The van der Waals surface area contributed by atoms with Gasteiger partial charge in [-0.3, -0.25) is 9.48 Å². The van der Waals surface area contributed by atoms with Gasteiger partial charge in [-0.05, 0) is 11.8 Å². The molecule has 0 saturated heterocycles. The highest BCUT2D eigenvalue weighted by atomic mass is 16.1. The standard InChI is InChI=1S/C12H21N3O/c1-5-6-15-8-9(7-14-15)10(16)11(13)12(2,3)4/h7-8,11H,5-6,13H2,1-4H3. The Morgan fingerprint density at radius 3 is 2.69 bits per heavy atom. The Morgan fingerprint density at radius 2 is 2.19 bits per heavy atom. The van der Waals surface area contributed by atoms with Crippen LogP contribution in [0, 0.1) is 5.41 Å². The van der Waals surface area contributed by atoms with E-state index in [0.29, 0.717) is 5.56 Å². The number of hydrogen-bond acceptors (Lipinski definition) is 3. The number of ketones is 1. The van der Waals surface area contributed by atoms with Gasteiger partial charge < -0.3 is 5.73 Å². The van der Waals surface area contributed by atoms with Gasteiger partial charge in [-0.1, -0.05) is 27.7 Å². The third-order valence-electron chi connectivity index (χ3n) is 2.59. The van der Waals surface area contributed by atoms with Crippen LogP contribution in [0.15, 0.2) is 12.4 Å². The van der Waals surface area contributed by atoms with Gasteiger partial charge in [0, 0.05) is 12.7 Å². The zero-order chi connectivity index (χ0) is 12.3. The van der Waals surface area contributed by atoms with Crippen LogP contribution < -0.4 is 5.73 Å². The summed E-state index contributed by atoms with van der Waals surface area (Å²) < 4.78 is 1.78. The van der Waals surface area contributed by atoms with Crippen LogP contribution in [0.4, 0.5) is 0 Å². The number of aryl methyl sites for hydroxylation is 1. The van der Waals surface area contributed by atoms with E-state index in [0.717, 1.165) is 13.0 Å². The molecule has 0 amide bonds. The van der Waals surface area contributed by atoms with Crippen molar-refractivity contribution in [3.63, 3.8) is 0 Å². The summed E-state index contributed by atoms with van der Waals surface area (Å²) in [5.41, 5.74) is 6.31. The first-order valence-electron chi connectivity index (χ1n) is 5.68. The number of aromatic nitrogens is 2. The fourth-order valence-corrected chi connectivity index (χ4v) is 1.42. The second kappa shape index (κ2) is 4.78. The average Bonchev–Trinajstić information content (AvgIpc) is 2.63. The molecule has 4 heteroatoms. The third-order valence-corrected chi connectivity index (χ3v) is 2.59. The Bertz CT molecular complexity index is 363. The van der Waals surface area contributed by atoms with E-state index in [-0.39, 0.29) is 11.2 Å². The molecule has 0 aliphatic heterocycles. The zero-order valence-electron chi connectivity index (χ0n) is 10.5. The highest BCUT2D eigenvalue weighted by molar-refractivity contribution is 6.00. The van der Waals surface area contributed by atoms with Crippen LogP contribution in [-0.4, -0.2) is 21.6 Å². The molecule has 0 aromatic carbocycles. The lowest BCUT2D eigenvalue weighted by Gasteiger charge is -2.25. The van der Waals surface area contributed by atoms with Gasteiger partial charge >= 0.3 is 0 Å². The second-order valence-electron chi connectivity index (χ2n) is 5.20. The van der Waals surface area contributed by atoms with Crippen LogP contribution >= 0.6 is 0 Å². The van der Waals surface area contributed by atoms with Gasteiger partial charge in [0.15, 0.2) is 5.78 Å². The van der Waals surface area contributed by atoms with Crippen LogP contribution in [0.25, 0.3) is 0 Å². The number of hydrogen-bond donors (Lipinski definition) is 1.